The molecule has 0 atom stereocenters. The van der Waals surface area contributed by atoms with Crippen LogP contribution in [0, 0.1) is 6.92 Å². The molecule has 0 aliphatic rings. The van der Waals surface area contributed by atoms with Crippen LogP contribution in [-0.4, -0.2) is 45.3 Å². The molecule has 0 radical (unpaired) electrons. The van der Waals surface area contributed by atoms with Gasteiger partial charge >= 0.3 is 0 Å². The van der Waals surface area contributed by atoms with Gasteiger partial charge in [-0.3, -0.25) is 4.99 Å². The number of benzene rings is 1. The zero-order chi connectivity index (χ0) is 18.8. The molecule has 1 aromatic carbocycles. The summed E-state index contributed by atoms with van der Waals surface area (Å²) in [6.07, 6.45) is 2.90. The molecular weight excluding hydrogens is 475 g/mol. The van der Waals surface area contributed by atoms with Gasteiger partial charge in [-0.2, -0.15) is 0 Å². The lowest BCUT2D eigenvalue weighted by atomic mass is 10.1. The molecule has 8 heteroatoms. The van der Waals surface area contributed by atoms with Crippen molar-refractivity contribution in [1.29, 1.82) is 0 Å². The molecule has 0 saturated heterocycles. The van der Waals surface area contributed by atoms with E-state index in [2.05, 4.69) is 32.1 Å². The van der Waals surface area contributed by atoms with Gasteiger partial charge in [0.25, 0.3) is 0 Å². The number of halogens is 1. The number of nitrogens with zero attached hydrogens (tertiary/aromatic N) is 2. The van der Waals surface area contributed by atoms with Crippen LogP contribution in [0.3, 0.4) is 0 Å². The predicted molar refractivity (Wildman–Crippen MR) is 123 cm³/mol. The van der Waals surface area contributed by atoms with Crippen molar-refractivity contribution in [2.24, 2.45) is 4.99 Å². The van der Waals surface area contributed by atoms with E-state index in [1.54, 1.807) is 32.6 Å². The third-order valence-electron chi connectivity index (χ3n) is 3.90. The van der Waals surface area contributed by atoms with E-state index in [1.807, 2.05) is 19.1 Å². The number of aryl methyl sites for hydroxylation is 2. The highest BCUT2D eigenvalue weighted by atomic mass is 127. The summed E-state index contributed by atoms with van der Waals surface area (Å²) < 4.78 is 10.6. The number of hydrogen-bond acceptors (Lipinski definition) is 5. The zero-order valence-electron chi connectivity index (χ0n) is 16.4. The van der Waals surface area contributed by atoms with Crippen molar-refractivity contribution in [3.05, 3.63) is 39.8 Å². The van der Waals surface area contributed by atoms with Crippen LogP contribution in [-0.2, 0) is 12.8 Å². The summed E-state index contributed by atoms with van der Waals surface area (Å²) >= 11 is 1.73. The van der Waals surface area contributed by atoms with Crippen LogP contribution in [0.4, 0.5) is 0 Å². The molecule has 0 fully saturated rings. The first kappa shape index (κ1) is 23.5. The number of ether oxygens (including phenoxy) is 2. The highest BCUT2D eigenvalue weighted by Crippen LogP contribution is 2.27. The van der Waals surface area contributed by atoms with E-state index in [0.717, 1.165) is 55.5 Å². The van der Waals surface area contributed by atoms with Gasteiger partial charge < -0.3 is 20.1 Å². The van der Waals surface area contributed by atoms with Crippen molar-refractivity contribution < 1.29 is 9.47 Å². The normalized spacial score (nSPS) is 10.9. The highest BCUT2D eigenvalue weighted by molar-refractivity contribution is 14.0. The minimum atomic E-state index is 0. The van der Waals surface area contributed by atoms with Gasteiger partial charge in [0.15, 0.2) is 17.5 Å². The summed E-state index contributed by atoms with van der Waals surface area (Å²) in [5, 5.41) is 9.97. The van der Waals surface area contributed by atoms with Crippen LogP contribution in [0.5, 0.6) is 11.5 Å². The number of aromatic nitrogens is 1. The van der Waals surface area contributed by atoms with Crippen LogP contribution < -0.4 is 20.1 Å². The summed E-state index contributed by atoms with van der Waals surface area (Å²) in [7, 11) is 5.08. The Morgan fingerprint density at radius 3 is 2.48 bits per heavy atom. The van der Waals surface area contributed by atoms with E-state index in [0.29, 0.717) is 0 Å². The lowest BCUT2D eigenvalue weighted by Crippen LogP contribution is -2.38. The molecule has 0 spiro atoms. The number of methoxy groups -OCH3 is 2. The number of hydrogen-bond donors (Lipinski definition) is 2. The summed E-state index contributed by atoms with van der Waals surface area (Å²) in [6.45, 7) is 3.69. The Bertz CT molecular complexity index is 721. The van der Waals surface area contributed by atoms with Crippen LogP contribution in [0.25, 0.3) is 0 Å². The molecule has 0 unspecified atom stereocenters. The summed E-state index contributed by atoms with van der Waals surface area (Å²) in [5.74, 6) is 2.32. The third-order valence-corrected chi connectivity index (χ3v) is 4.93. The second-order valence-electron chi connectivity index (χ2n) is 5.85. The lowest BCUT2D eigenvalue weighted by molar-refractivity contribution is 0.354. The van der Waals surface area contributed by atoms with Gasteiger partial charge in [-0.15, -0.1) is 35.3 Å². The Hall–Kier alpha value is -1.55. The molecule has 0 saturated carbocycles. The maximum atomic E-state index is 5.34. The van der Waals surface area contributed by atoms with Crippen LogP contribution >= 0.6 is 35.3 Å². The maximum Gasteiger partial charge on any atom is 0.190 e. The van der Waals surface area contributed by atoms with Crippen LogP contribution in [0.15, 0.2) is 28.6 Å². The van der Waals surface area contributed by atoms with E-state index in [-0.39, 0.29) is 24.0 Å². The van der Waals surface area contributed by atoms with Crippen molar-refractivity contribution in [2.75, 3.05) is 34.4 Å². The summed E-state index contributed by atoms with van der Waals surface area (Å²) in [5.41, 5.74) is 2.29. The molecule has 2 N–H and O–H groups in total. The SMILES string of the molecule is CN=C(NCCCc1nc(C)cs1)NCCc1ccc(OC)c(OC)c1.I. The molecule has 150 valence electrons. The van der Waals surface area contributed by atoms with Crippen molar-refractivity contribution in [1.82, 2.24) is 15.6 Å². The Balaban J connectivity index is 0.00000364. The third kappa shape index (κ3) is 7.92. The van der Waals surface area contributed by atoms with Gasteiger partial charge in [0.1, 0.15) is 0 Å². The Kier molecular flexibility index (Phi) is 11.1. The minimum absolute atomic E-state index is 0. The average molecular weight is 504 g/mol. The lowest BCUT2D eigenvalue weighted by Gasteiger charge is -2.13. The van der Waals surface area contributed by atoms with E-state index < -0.39 is 0 Å². The number of rotatable bonds is 9. The minimum Gasteiger partial charge on any atom is -0.493 e. The van der Waals surface area contributed by atoms with Crippen LogP contribution in [0.2, 0.25) is 0 Å². The van der Waals surface area contributed by atoms with Gasteiger partial charge in [-0.05, 0) is 37.5 Å². The molecule has 2 rings (SSSR count). The van der Waals surface area contributed by atoms with Crippen molar-refractivity contribution in [2.45, 2.75) is 26.2 Å². The van der Waals surface area contributed by atoms with Crippen molar-refractivity contribution in [3.63, 3.8) is 0 Å². The molecule has 0 amide bonds. The van der Waals surface area contributed by atoms with Gasteiger partial charge in [-0.1, -0.05) is 6.07 Å². The predicted octanol–water partition coefficient (Wildman–Crippen LogP) is 3.43. The van der Waals surface area contributed by atoms with Gasteiger partial charge in [0, 0.05) is 37.6 Å². The topological polar surface area (TPSA) is 67.8 Å². The molecule has 0 aliphatic heterocycles. The Morgan fingerprint density at radius 1 is 1.11 bits per heavy atom. The molecule has 1 aromatic heterocycles. The summed E-state index contributed by atoms with van der Waals surface area (Å²) in [4.78, 5) is 8.75. The fourth-order valence-corrected chi connectivity index (χ4v) is 3.36. The standard InChI is InChI=1S/C19H28N4O2S.HI/c1-14-13-26-18(23-14)6-5-10-21-19(20-2)22-11-9-15-7-8-16(24-3)17(12-15)25-4;/h7-8,12-13H,5-6,9-11H2,1-4H3,(H2,20,21,22);1H. The first-order valence-electron chi connectivity index (χ1n) is 8.72. The van der Waals surface area contributed by atoms with Crippen molar-refractivity contribution >= 4 is 41.3 Å². The fraction of sp³-hybridized carbons (Fsp3) is 0.474. The first-order valence-corrected chi connectivity index (χ1v) is 9.60. The van der Waals surface area contributed by atoms with Gasteiger partial charge in [-0.25, -0.2) is 4.98 Å². The average Bonchev–Trinajstić information content (AvgIpc) is 3.08. The smallest absolute Gasteiger partial charge is 0.190 e. The second kappa shape index (κ2) is 12.8. The van der Waals surface area contributed by atoms with Gasteiger partial charge in [0.2, 0.25) is 0 Å². The maximum absolute atomic E-state index is 5.34. The van der Waals surface area contributed by atoms with E-state index >= 15 is 0 Å². The molecular formula is C19H29IN4O2S. The molecule has 1 heterocycles. The molecule has 2 aromatic rings. The van der Waals surface area contributed by atoms with Gasteiger partial charge in [0.05, 0.1) is 19.2 Å². The number of thiazole rings is 1. The molecule has 27 heavy (non-hydrogen) atoms. The van der Waals surface area contributed by atoms with Crippen LogP contribution in [0.1, 0.15) is 22.7 Å². The fourth-order valence-electron chi connectivity index (χ4n) is 2.55. The van der Waals surface area contributed by atoms with Crippen molar-refractivity contribution in [3.8, 4) is 11.5 Å². The summed E-state index contributed by atoms with van der Waals surface area (Å²) in [6, 6.07) is 5.99. The molecule has 0 bridgehead atoms. The Labute approximate surface area is 182 Å². The van der Waals surface area contributed by atoms with E-state index in [4.69, 9.17) is 9.47 Å². The first-order chi connectivity index (χ1) is 12.7. The molecule has 0 aliphatic carbocycles. The number of aliphatic imine (C=N–C) groups is 1. The van der Waals surface area contributed by atoms with E-state index in [1.165, 1.54) is 10.6 Å². The van der Waals surface area contributed by atoms with E-state index in [9.17, 15) is 0 Å². The quantitative estimate of drug-likeness (QED) is 0.237. The Morgan fingerprint density at radius 2 is 1.85 bits per heavy atom. The second-order valence-corrected chi connectivity index (χ2v) is 6.79. The zero-order valence-corrected chi connectivity index (χ0v) is 19.5. The monoisotopic (exact) mass is 504 g/mol. The number of guanidine groups is 1. The molecule has 6 nitrogen and oxygen atoms in total. The number of nitrogens with one attached hydrogen (secondary N) is 2. The largest absolute Gasteiger partial charge is 0.493 e. The highest BCUT2D eigenvalue weighted by Gasteiger charge is 2.05.